The standard InChI is InChI=1S/C16H16Br2ClN/c1-2-20-16(9-11-5-3-4-6-14(11)18)13-8-7-12(17)10-15(13)19/h3-8,10,16,20H,2,9H2,1H3. The Morgan fingerprint density at radius 1 is 1.15 bits per heavy atom. The first-order chi connectivity index (χ1) is 9.61. The van der Waals surface area contributed by atoms with Crippen molar-refractivity contribution in [3.63, 3.8) is 0 Å². The molecule has 0 aromatic heterocycles. The predicted octanol–water partition coefficient (Wildman–Crippen LogP) is 5.76. The lowest BCUT2D eigenvalue weighted by Crippen LogP contribution is -2.23. The van der Waals surface area contributed by atoms with Crippen molar-refractivity contribution in [3.05, 3.63) is 67.6 Å². The molecule has 106 valence electrons. The van der Waals surface area contributed by atoms with E-state index < -0.39 is 0 Å². The van der Waals surface area contributed by atoms with Gasteiger partial charge in [-0.3, -0.25) is 0 Å². The average molecular weight is 418 g/mol. The summed E-state index contributed by atoms with van der Waals surface area (Å²) in [5.74, 6) is 0. The van der Waals surface area contributed by atoms with Crippen LogP contribution in [0.5, 0.6) is 0 Å². The molecule has 1 atom stereocenters. The Bertz CT molecular complexity index is 586. The summed E-state index contributed by atoms with van der Waals surface area (Å²) in [5.41, 5.74) is 2.41. The van der Waals surface area contributed by atoms with Crippen molar-refractivity contribution in [1.82, 2.24) is 5.32 Å². The van der Waals surface area contributed by atoms with E-state index in [0.29, 0.717) is 0 Å². The lowest BCUT2D eigenvalue weighted by molar-refractivity contribution is 0.549. The Labute approximate surface area is 142 Å². The Balaban J connectivity index is 2.29. The number of benzene rings is 2. The zero-order valence-electron chi connectivity index (χ0n) is 11.2. The molecule has 0 radical (unpaired) electrons. The number of hydrogen-bond donors (Lipinski definition) is 1. The maximum Gasteiger partial charge on any atom is 0.0465 e. The molecule has 2 rings (SSSR count). The van der Waals surface area contributed by atoms with Gasteiger partial charge in [0.05, 0.1) is 0 Å². The van der Waals surface area contributed by atoms with Gasteiger partial charge >= 0.3 is 0 Å². The summed E-state index contributed by atoms with van der Waals surface area (Å²) < 4.78 is 2.14. The first-order valence-electron chi connectivity index (χ1n) is 6.53. The van der Waals surface area contributed by atoms with Gasteiger partial charge in [-0.2, -0.15) is 0 Å². The van der Waals surface area contributed by atoms with Crippen LogP contribution in [0, 0.1) is 0 Å². The summed E-state index contributed by atoms with van der Waals surface area (Å²) in [6.07, 6.45) is 0.899. The van der Waals surface area contributed by atoms with E-state index in [1.165, 1.54) is 5.56 Å². The second kappa shape index (κ2) is 7.60. The molecule has 0 aliphatic rings. The molecule has 0 fully saturated rings. The van der Waals surface area contributed by atoms with E-state index in [1.807, 2.05) is 18.2 Å². The van der Waals surface area contributed by atoms with E-state index in [9.17, 15) is 0 Å². The first kappa shape index (κ1) is 16.0. The smallest absolute Gasteiger partial charge is 0.0465 e. The molecule has 1 nitrogen and oxygen atoms in total. The van der Waals surface area contributed by atoms with Crippen molar-refractivity contribution in [3.8, 4) is 0 Å². The molecule has 0 spiro atoms. The fourth-order valence-corrected chi connectivity index (χ4v) is 3.46. The van der Waals surface area contributed by atoms with Crippen molar-refractivity contribution in [1.29, 1.82) is 0 Å². The minimum Gasteiger partial charge on any atom is -0.310 e. The lowest BCUT2D eigenvalue weighted by Gasteiger charge is -2.20. The summed E-state index contributed by atoms with van der Waals surface area (Å²) in [7, 11) is 0. The summed E-state index contributed by atoms with van der Waals surface area (Å²) >= 11 is 13.4. The van der Waals surface area contributed by atoms with E-state index in [1.54, 1.807) is 0 Å². The Morgan fingerprint density at radius 2 is 1.90 bits per heavy atom. The van der Waals surface area contributed by atoms with Crippen molar-refractivity contribution < 1.29 is 0 Å². The van der Waals surface area contributed by atoms with Gasteiger partial charge in [0.1, 0.15) is 0 Å². The fraction of sp³-hybridized carbons (Fsp3) is 0.250. The van der Waals surface area contributed by atoms with Crippen LogP contribution in [0.15, 0.2) is 51.4 Å². The van der Waals surface area contributed by atoms with Gasteiger partial charge < -0.3 is 5.32 Å². The predicted molar refractivity (Wildman–Crippen MR) is 93.4 cm³/mol. The SMILES string of the molecule is CCNC(Cc1ccccc1Br)c1ccc(Br)cc1Cl. The van der Waals surface area contributed by atoms with Crippen LogP contribution >= 0.6 is 43.5 Å². The molecule has 0 bridgehead atoms. The van der Waals surface area contributed by atoms with Crippen LogP contribution in [0.2, 0.25) is 5.02 Å². The topological polar surface area (TPSA) is 12.0 Å². The van der Waals surface area contributed by atoms with Crippen LogP contribution in [0.4, 0.5) is 0 Å². The summed E-state index contributed by atoms with van der Waals surface area (Å²) in [4.78, 5) is 0. The molecule has 0 saturated carbocycles. The van der Waals surface area contributed by atoms with Gasteiger partial charge in [0.15, 0.2) is 0 Å². The normalized spacial score (nSPS) is 12.4. The molecule has 0 saturated heterocycles. The molecule has 2 aromatic carbocycles. The summed E-state index contributed by atoms with van der Waals surface area (Å²) in [6.45, 7) is 3.02. The van der Waals surface area contributed by atoms with Crippen LogP contribution in [-0.4, -0.2) is 6.54 Å². The Morgan fingerprint density at radius 3 is 2.55 bits per heavy atom. The third-order valence-electron chi connectivity index (χ3n) is 3.17. The van der Waals surface area contributed by atoms with Gasteiger partial charge in [-0.1, -0.05) is 74.7 Å². The molecule has 0 amide bonds. The Hall–Kier alpha value is -0.350. The maximum absolute atomic E-state index is 6.38. The quantitative estimate of drug-likeness (QED) is 0.652. The minimum atomic E-state index is 0.208. The highest BCUT2D eigenvalue weighted by atomic mass is 79.9. The van der Waals surface area contributed by atoms with Crippen LogP contribution in [0.3, 0.4) is 0 Å². The first-order valence-corrected chi connectivity index (χ1v) is 8.50. The zero-order valence-corrected chi connectivity index (χ0v) is 15.1. The van der Waals surface area contributed by atoms with Crippen LogP contribution in [-0.2, 0) is 6.42 Å². The fourth-order valence-electron chi connectivity index (χ4n) is 2.21. The lowest BCUT2D eigenvalue weighted by atomic mass is 9.99. The molecule has 0 aliphatic heterocycles. The summed E-state index contributed by atoms with van der Waals surface area (Å²) in [6, 6.07) is 14.6. The molecule has 1 N–H and O–H groups in total. The number of rotatable bonds is 5. The molecule has 0 aliphatic carbocycles. The van der Waals surface area contributed by atoms with Crippen LogP contribution in [0.1, 0.15) is 24.1 Å². The van der Waals surface area contributed by atoms with Gasteiger partial charge in [-0.25, -0.2) is 0 Å². The molecule has 0 heterocycles. The molecule has 1 unspecified atom stereocenters. The highest BCUT2D eigenvalue weighted by Gasteiger charge is 2.15. The number of likely N-dealkylation sites (N-methyl/N-ethyl adjacent to an activating group) is 1. The van der Waals surface area contributed by atoms with Gasteiger partial charge in [-0.05, 0) is 42.3 Å². The van der Waals surface area contributed by atoms with E-state index in [2.05, 4.69) is 68.4 Å². The van der Waals surface area contributed by atoms with Gasteiger partial charge in [0, 0.05) is 20.0 Å². The third-order valence-corrected chi connectivity index (χ3v) is 4.76. The molecular formula is C16H16Br2ClN. The zero-order chi connectivity index (χ0) is 14.5. The van der Waals surface area contributed by atoms with Gasteiger partial charge in [0.2, 0.25) is 0 Å². The van der Waals surface area contributed by atoms with E-state index in [-0.39, 0.29) is 6.04 Å². The minimum absolute atomic E-state index is 0.208. The monoisotopic (exact) mass is 415 g/mol. The second-order valence-electron chi connectivity index (χ2n) is 4.57. The molecule has 4 heteroatoms. The van der Waals surface area contributed by atoms with Crippen LogP contribution < -0.4 is 5.32 Å². The highest BCUT2D eigenvalue weighted by Crippen LogP contribution is 2.30. The van der Waals surface area contributed by atoms with E-state index in [0.717, 1.165) is 32.5 Å². The number of halogens is 3. The average Bonchev–Trinajstić information content (AvgIpc) is 2.41. The van der Waals surface area contributed by atoms with Crippen molar-refractivity contribution >= 4 is 43.5 Å². The molecule has 2 aromatic rings. The van der Waals surface area contributed by atoms with E-state index >= 15 is 0 Å². The number of nitrogens with one attached hydrogen (secondary N) is 1. The molecule has 20 heavy (non-hydrogen) atoms. The highest BCUT2D eigenvalue weighted by molar-refractivity contribution is 9.10. The van der Waals surface area contributed by atoms with E-state index in [4.69, 9.17) is 11.6 Å². The Kier molecular flexibility index (Phi) is 6.09. The largest absolute Gasteiger partial charge is 0.310 e. The van der Waals surface area contributed by atoms with Crippen molar-refractivity contribution in [2.24, 2.45) is 0 Å². The molecular weight excluding hydrogens is 401 g/mol. The number of hydrogen-bond acceptors (Lipinski definition) is 1. The van der Waals surface area contributed by atoms with Gasteiger partial charge in [0.25, 0.3) is 0 Å². The third kappa shape index (κ3) is 4.08. The van der Waals surface area contributed by atoms with Crippen molar-refractivity contribution in [2.75, 3.05) is 6.54 Å². The van der Waals surface area contributed by atoms with Crippen LogP contribution in [0.25, 0.3) is 0 Å². The summed E-state index contributed by atoms with van der Waals surface area (Å²) in [5, 5.41) is 4.30. The van der Waals surface area contributed by atoms with Crippen molar-refractivity contribution in [2.45, 2.75) is 19.4 Å². The maximum atomic E-state index is 6.38. The second-order valence-corrected chi connectivity index (χ2v) is 6.75. The van der Waals surface area contributed by atoms with Gasteiger partial charge in [-0.15, -0.1) is 0 Å².